The van der Waals surface area contributed by atoms with Crippen LogP contribution in [0.1, 0.15) is 0 Å². The average molecular weight is 694 g/mol. The van der Waals surface area contributed by atoms with Gasteiger partial charge < -0.3 is 9.32 Å². The molecule has 2 heterocycles. The molecule has 248 valence electrons. The molecule has 0 aliphatic heterocycles. The zero-order valence-corrected chi connectivity index (χ0v) is 29.5. The Morgan fingerprint density at radius 3 is 1.96 bits per heavy atom. The van der Waals surface area contributed by atoms with Crippen LogP contribution in [0.5, 0.6) is 0 Å². The number of furan rings is 1. The lowest BCUT2D eigenvalue weighted by Crippen LogP contribution is -2.12. The quantitative estimate of drug-likeness (QED) is 0.167. The van der Waals surface area contributed by atoms with E-state index in [2.05, 4.69) is 187 Å². The van der Waals surface area contributed by atoms with Gasteiger partial charge in [0.1, 0.15) is 11.2 Å². The van der Waals surface area contributed by atoms with Crippen LogP contribution in [0.4, 0.5) is 17.1 Å². The average Bonchev–Trinajstić information content (AvgIpc) is 3.80. The highest BCUT2D eigenvalue weighted by molar-refractivity contribution is 7.26. The molecule has 0 aliphatic carbocycles. The fourth-order valence-corrected chi connectivity index (χ4v) is 9.55. The Kier molecular flexibility index (Phi) is 6.76. The van der Waals surface area contributed by atoms with Gasteiger partial charge in [0.15, 0.2) is 0 Å². The molecular weight excluding hydrogens is 663 g/mol. The van der Waals surface area contributed by atoms with E-state index in [9.17, 15) is 0 Å². The molecule has 53 heavy (non-hydrogen) atoms. The smallest absolute Gasteiger partial charge is 0.137 e. The summed E-state index contributed by atoms with van der Waals surface area (Å²) in [5.74, 6) is 0. The van der Waals surface area contributed by atoms with E-state index in [-0.39, 0.29) is 0 Å². The first-order valence-electron chi connectivity index (χ1n) is 18.0. The van der Waals surface area contributed by atoms with Crippen molar-refractivity contribution in [1.29, 1.82) is 0 Å². The number of nitrogens with zero attached hydrogens (tertiary/aromatic N) is 1. The Labute approximate surface area is 310 Å². The van der Waals surface area contributed by atoms with E-state index in [0.717, 1.165) is 44.6 Å². The number of hydrogen-bond donors (Lipinski definition) is 0. The van der Waals surface area contributed by atoms with Gasteiger partial charge in [-0.25, -0.2) is 0 Å². The number of hydrogen-bond acceptors (Lipinski definition) is 3. The normalized spacial score (nSPS) is 11.8. The fourth-order valence-electron chi connectivity index (χ4n) is 8.31. The highest BCUT2D eigenvalue weighted by atomic mass is 32.1. The van der Waals surface area contributed by atoms with Crippen LogP contribution in [0.3, 0.4) is 0 Å². The van der Waals surface area contributed by atoms with E-state index in [1.54, 1.807) is 0 Å². The number of para-hydroxylation sites is 2. The van der Waals surface area contributed by atoms with Gasteiger partial charge in [-0.1, -0.05) is 140 Å². The third-order valence-corrected chi connectivity index (χ3v) is 11.9. The topological polar surface area (TPSA) is 16.4 Å². The highest BCUT2D eigenvalue weighted by Gasteiger charge is 2.23. The minimum absolute atomic E-state index is 0.869. The first-order valence-corrected chi connectivity index (χ1v) is 18.8. The van der Waals surface area contributed by atoms with Gasteiger partial charge in [0.25, 0.3) is 0 Å². The second-order valence-electron chi connectivity index (χ2n) is 13.6. The summed E-state index contributed by atoms with van der Waals surface area (Å²) in [5.41, 5.74) is 9.80. The summed E-state index contributed by atoms with van der Waals surface area (Å²) in [6.07, 6.45) is 0. The Balaban J connectivity index is 1.20. The van der Waals surface area contributed by atoms with Crippen molar-refractivity contribution in [3.05, 3.63) is 188 Å². The summed E-state index contributed by atoms with van der Waals surface area (Å²) >= 11 is 1.87. The molecule has 2 nitrogen and oxygen atoms in total. The molecule has 11 rings (SSSR count). The molecule has 11 aromatic rings. The van der Waals surface area contributed by atoms with Crippen molar-refractivity contribution in [2.24, 2.45) is 0 Å². The largest absolute Gasteiger partial charge is 0.456 e. The number of rotatable bonds is 5. The second-order valence-corrected chi connectivity index (χ2v) is 14.7. The molecule has 0 fully saturated rings. The summed E-state index contributed by atoms with van der Waals surface area (Å²) in [4.78, 5) is 2.44. The molecule has 0 N–H and O–H groups in total. The molecule has 0 radical (unpaired) electrons. The van der Waals surface area contributed by atoms with Gasteiger partial charge in [-0.3, -0.25) is 0 Å². The van der Waals surface area contributed by atoms with E-state index in [0.29, 0.717) is 0 Å². The molecule has 0 aliphatic rings. The maximum atomic E-state index is 6.48. The number of fused-ring (bicyclic) bond motifs is 9. The minimum Gasteiger partial charge on any atom is -0.456 e. The molecule has 0 saturated carbocycles. The predicted octanol–water partition coefficient (Wildman–Crippen LogP) is 15.1. The maximum absolute atomic E-state index is 6.48. The summed E-state index contributed by atoms with van der Waals surface area (Å²) in [5, 5.41) is 9.78. The van der Waals surface area contributed by atoms with E-state index in [1.165, 1.54) is 58.4 Å². The molecular formula is C50H31NOS. The van der Waals surface area contributed by atoms with Crippen molar-refractivity contribution >= 4 is 92.1 Å². The molecule has 0 bridgehead atoms. The maximum Gasteiger partial charge on any atom is 0.137 e. The molecule has 0 saturated heterocycles. The number of thiophene rings is 1. The van der Waals surface area contributed by atoms with Crippen LogP contribution < -0.4 is 4.90 Å². The van der Waals surface area contributed by atoms with Crippen molar-refractivity contribution in [2.75, 3.05) is 4.90 Å². The van der Waals surface area contributed by atoms with Crippen LogP contribution >= 0.6 is 11.3 Å². The fraction of sp³-hybridized carbons (Fsp3) is 0. The summed E-state index contributed by atoms with van der Waals surface area (Å²) in [6.45, 7) is 0. The van der Waals surface area contributed by atoms with Gasteiger partial charge in [-0.2, -0.15) is 0 Å². The van der Waals surface area contributed by atoms with Crippen LogP contribution in [0.25, 0.3) is 85.9 Å². The number of benzene rings is 9. The van der Waals surface area contributed by atoms with E-state index in [4.69, 9.17) is 4.42 Å². The Morgan fingerprint density at radius 1 is 0.396 bits per heavy atom. The Morgan fingerprint density at radius 2 is 1.04 bits per heavy atom. The van der Waals surface area contributed by atoms with Crippen molar-refractivity contribution in [2.45, 2.75) is 0 Å². The molecule has 0 unspecified atom stereocenters. The summed E-state index contributed by atoms with van der Waals surface area (Å²) in [7, 11) is 0. The SMILES string of the molecule is c1cc(-c2cccc3c2sc2ccccc23)cc(N(c2ccccc2-c2cc3ccccc3c3ccccc23)c2cccc3oc4ccccc4c23)c1. The summed E-state index contributed by atoms with van der Waals surface area (Å²) < 4.78 is 9.10. The Bertz CT molecular complexity index is 3200. The van der Waals surface area contributed by atoms with E-state index < -0.39 is 0 Å². The standard InChI is InChI=1S/C50H31NOS/c1-2-17-35-33(14-1)31-43(38-19-4-3-18-37(35)38)39-20-5-8-25-44(39)51(45-26-13-28-47-49(45)42-22-6-9-27-46(42)52-47)34-16-11-15-32(30-34)36-23-12-24-41-40-21-7-10-29-48(40)53-50(36)41/h1-31H. The Hall–Kier alpha value is -6.68. The highest BCUT2D eigenvalue weighted by Crippen LogP contribution is 2.48. The van der Waals surface area contributed by atoms with Crippen LogP contribution in [-0.4, -0.2) is 0 Å². The molecule has 3 heteroatoms. The first-order chi connectivity index (χ1) is 26.3. The number of anilines is 3. The minimum atomic E-state index is 0.869. The molecule has 2 aromatic heterocycles. The molecule has 0 atom stereocenters. The molecule has 9 aromatic carbocycles. The van der Waals surface area contributed by atoms with Crippen LogP contribution in [0.15, 0.2) is 192 Å². The van der Waals surface area contributed by atoms with Crippen LogP contribution in [-0.2, 0) is 0 Å². The zero-order valence-electron chi connectivity index (χ0n) is 28.7. The van der Waals surface area contributed by atoms with Crippen molar-refractivity contribution < 1.29 is 4.42 Å². The van der Waals surface area contributed by atoms with Gasteiger partial charge in [0, 0.05) is 36.8 Å². The lowest BCUT2D eigenvalue weighted by molar-refractivity contribution is 0.669. The van der Waals surface area contributed by atoms with E-state index >= 15 is 0 Å². The molecule has 0 spiro atoms. The summed E-state index contributed by atoms with van der Waals surface area (Å²) in [6, 6.07) is 68.0. The second kappa shape index (κ2) is 11.9. The van der Waals surface area contributed by atoms with Gasteiger partial charge in [0.2, 0.25) is 0 Å². The third kappa shape index (κ3) is 4.71. The van der Waals surface area contributed by atoms with Crippen LogP contribution in [0.2, 0.25) is 0 Å². The van der Waals surface area contributed by atoms with E-state index in [1.807, 2.05) is 17.4 Å². The van der Waals surface area contributed by atoms with Crippen LogP contribution in [0, 0.1) is 0 Å². The van der Waals surface area contributed by atoms with Gasteiger partial charge in [-0.15, -0.1) is 11.3 Å². The zero-order chi connectivity index (χ0) is 34.9. The lowest BCUT2D eigenvalue weighted by Gasteiger charge is -2.29. The lowest BCUT2D eigenvalue weighted by atomic mass is 9.92. The predicted molar refractivity (Wildman–Crippen MR) is 227 cm³/mol. The monoisotopic (exact) mass is 693 g/mol. The van der Waals surface area contributed by atoms with Crippen molar-refractivity contribution in [1.82, 2.24) is 0 Å². The van der Waals surface area contributed by atoms with Crippen molar-refractivity contribution in [3.8, 4) is 22.3 Å². The van der Waals surface area contributed by atoms with Gasteiger partial charge >= 0.3 is 0 Å². The van der Waals surface area contributed by atoms with Crippen molar-refractivity contribution in [3.63, 3.8) is 0 Å². The van der Waals surface area contributed by atoms with Gasteiger partial charge in [-0.05, 0) is 86.8 Å². The molecule has 0 amide bonds. The van der Waals surface area contributed by atoms with Gasteiger partial charge in [0.05, 0.1) is 16.8 Å². The third-order valence-electron chi connectivity index (χ3n) is 10.6. The first kappa shape index (κ1) is 30.0.